The van der Waals surface area contributed by atoms with Gasteiger partial charge in [-0.05, 0) is 91.9 Å². The van der Waals surface area contributed by atoms with Gasteiger partial charge in [0.2, 0.25) is 0 Å². The summed E-state index contributed by atoms with van der Waals surface area (Å²) in [6.45, 7) is 8.51. The Hall–Kier alpha value is -5.12. The molecule has 6 aromatic carbocycles. The van der Waals surface area contributed by atoms with Crippen LogP contribution in [-0.4, -0.2) is 62.3 Å². The smallest absolute Gasteiger partial charge is 0.199 e. The maximum Gasteiger partial charge on any atom is 0.199 e. The van der Waals surface area contributed by atoms with Crippen molar-refractivity contribution in [1.82, 2.24) is 0 Å². The number of phenols is 1. The molecule has 0 amide bonds. The molecule has 3 saturated heterocycles. The largest absolute Gasteiger partial charge is 0.508 e. The molecule has 3 fully saturated rings. The van der Waals surface area contributed by atoms with Gasteiger partial charge in [-0.25, -0.2) is 0 Å². The molecule has 0 bridgehead atoms. The molecule has 0 saturated carbocycles. The van der Waals surface area contributed by atoms with Crippen molar-refractivity contribution in [2.75, 3.05) is 26.5 Å². The van der Waals surface area contributed by atoms with E-state index in [0.29, 0.717) is 11.1 Å². The minimum atomic E-state index is -2.56. The number of benzene rings is 6. The van der Waals surface area contributed by atoms with Gasteiger partial charge in [0.05, 0.1) is 13.2 Å². The van der Waals surface area contributed by atoms with E-state index in [4.69, 9.17) is 40.4 Å². The predicted octanol–water partition coefficient (Wildman–Crippen LogP) is 11.9. The number of carbonyl (C=O) groups is 2. The number of alkyl halides is 1. The zero-order chi connectivity index (χ0) is 45.5. The predicted molar refractivity (Wildman–Crippen MR) is 266 cm³/mol. The van der Waals surface area contributed by atoms with Crippen LogP contribution in [0.3, 0.4) is 0 Å². The first-order valence-electron chi connectivity index (χ1n) is 21.3. The van der Waals surface area contributed by atoms with Crippen LogP contribution in [0.25, 0.3) is 6.08 Å². The first-order valence-corrected chi connectivity index (χ1v) is 26.5. The summed E-state index contributed by atoms with van der Waals surface area (Å²) in [5.74, 6) is 1.80. The quantitative estimate of drug-likeness (QED) is 0.0823. The second-order valence-electron chi connectivity index (χ2n) is 15.1. The topological polar surface area (TPSA) is 101 Å². The molecule has 3 atom stereocenters. The van der Waals surface area contributed by atoms with Crippen molar-refractivity contribution in [1.29, 1.82) is 0 Å². The van der Waals surface area contributed by atoms with Gasteiger partial charge in [0, 0.05) is 30.6 Å². The summed E-state index contributed by atoms with van der Waals surface area (Å²) < 4.78 is 26.8. The number of hydrogen-bond acceptors (Lipinski definition) is 8. The van der Waals surface area contributed by atoms with E-state index in [9.17, 15) is 9.59 Å². The van der Waals surface area contributed by atoms with Gasteiger partial charge in [0.1, 0.15) is 35.4 Å². The summed E-state index contributed by atoms with van der Waals surface area (Å²) in [7, 11) is 0. The number of aromatic hydroxyl groups is 1. The van der Waals surface area contributed by atoms with Crippen LogP contribution >= 0.6 is 32.4 Å². The van der Waals surface area contributed by atoms with Crippen LogP contribution in [0.2, 0.25) is 0 Å². The van der Waals surface area contributed by atoms with Crippen LogP contribution in [-0.2, 0) is 14.2 Å². The minimum Gasteiger partial charge on any atom is -0.508 e. The van der Waals surface area contributed by atoms with Crippen molar-refractivity contribution in [2.45, 2.75) is 56.7 Å². The molecule has 3 aliphatic heterocycles. The van der Waals surface area contributed by atoms with Crippen molar-refractivity contribution in [3.63, 3.8) is 0 Å². The van der Waals surface area contributed by atoms with E-state index in [1.54, 1.807) is 36.4 Å². The van der Waals surface area contributed by atoms with Crippen molar-refractivity contribution < 1.29 is 38.4 Å². The maximum atomic E-state index is 10.4. The Kier molecular flexibility index (Phi) is 20.3. The molecule has 1 N–H and O–H groups in total. The van der Waals surface area contributed by atoms with Crippen LogP contribution in [0.15, 0.2) is 170 Å². The average molecular weight is 968 g/mol. The van der Waals surface area contributed by atoms with Gasteiger partial charge in [-0.15, -0.1) is 0 Å². The molecule has 11 heteroatoms. The minimum absolute atomic E-state index is 0.0185. The van der Waals surface area contributed by atoms with Crippen molar-refractivity contribution in [3.8, 4) is 17.2 Å². The molecular weight excluding hydrogens is 911 g/mol. The Morgan fingerprint density at radius 2 is 0.922 bits per heavy atom. The number of carbonyl (C=O) groups excluding carboxylic acids is 2. The maximum absolute atomic E-state index is 10.4. The fraction of sp³-hybridized carbons (Fsp3) is 0.245. The van der Waals surface area contributed by atoms with Gasteiger partial charge in [-0.3, -0.25) is 9.59 Å². The Morgan fingerprint density at radius 3 is 1.22 bits per heavy atom. The summed E-state index contributed by atoms with van der Waals surface area (Å²) in [4.78, 5) is 20.4. The molecule has 6 aromatic rings. The fourth-order valence-corrected chi connectivity index (χ4v) is 12.7. The van der Waals surface area contributed by atoms with Crippen molar-refractivity contribution in [3.05, 3.63) is 187 Å². The molecule has 3 aliphatic rings. The summed E-state index contributed by atoms with van der Waals surface area (Å²) in [6.07, 6.45) is 9.44. The third-order valence-electron chi connectivity index (χ3n) is 10.5. The average Bonchev–Trinajstić information content (AvgIpc) is 4.18. The van der Waals surface area contributed by atoms with E-state index < -0.39 is 5.31 Å². The number of hydrogen-bond donors (Lipinski definition) is 1. The summed E-state index contributed by atoms with van der Waals surface area (Å²) in [5.41, 5.74) is 2.35. The van der Waals surface area contributed by atoms with Gasteiger partial charge in [-0.1, -0.05) is 36.4 Å². The molecule has 0 spiro atoms. The van der Waals surface area contributed by atoms with Crippen molar-refractivity contribution in [2.24, 2.45) is 0 Å². The van der Waals surface area contributed by atoms with E-state index >= 15 is 0 Å². The molecule has 64 heavy (non-hydrogen) atoms. The van der Waals surface area contributed by atoms with Gasteiger partial charge < -0.3 is 28.8 Å². The van der Waals surface area contributed by atoms with Crippen LogP contribution in [0.1, 0.15) is 64.8 Å². The molecule has 0 aliphatic carbocycles. The standard InChI is InChI=1S/C19H18BrP.C12H14O2.C11H12O3.C7H6O2.C4H7ClO/c1-21(20,17-11-5-2-6-12-17,18-13-7-3-8-14-18)19-15-9-4-10-16-19;1-2-10-5-7-11(8-6-10)14-12-4-3-9-13-12;12-8-9-3-5-10(6-4-9)14-11-2-1-7-13-11;8-5-6-1-3-7(9)4-2-6;5-4-2-1-3-6-4/h2-16H,1H3;2,5-8,12H,1,3-4,9H2;3-6,8,11H,1-2,7H2;1-5,9H;4H,1-3H2. The fourth-order valence-electron chi connectivity index (χ4n) is 6.78. The van der Waals surface area contributed by atoms with Crippen LogP contribution in [0, 0.1) is 0 Å². The number of phenolic OH excluding ortho intramolecular Hbond substituents is 1. The second-order valence-corrected chi connectivity index (χ2v) is 25.4. The zero-order valence-electron chi connectivity index (χ0n) is 36.1. The molecule has 3 heterocycles. The molecule has 9 rings (SSSR count). The Labute approximate surface area is 390 Å². The molecule has 0 aromatic heterocycles. The van der Waals surface area contributed by atoms with Crippen LogP contribution in [0.4, 0.5) is 0 Å². The zero-order valence-corrected chi connectivity index (χ0v) is 39.4. The summed E-state index contributed by atoms with van der Waals surface area (Å²) in [6, 6.07) is 53.3. The Morgan fingerprint density at radius 1 is 0.562 bits per heavy atom. The van der Waals surface area contributed by atoms with Gasteiger partial charge in [0.25, 0.3) is 0 Å². The number of halogens is 2. The Bertz CT molecular complexity index is 2080. The van der Waals surface area contributed by atoms with E-state index in [0.717, 1.165) is 88.0 Å². The molecule has 336 valence electrons. The van der Waals surface area contributed by atoms with E-state index in [2.05, 4.69) is 120 Å². The third kappa shape index (κ3) is 15.3. The van der Waals surface area contributed by atoms with E-state index in [1.807, 2.05) is 30.3 Å². The van der Waals surface area contributed by atoms with Gasteiger partial charge in [0.15, 0.2) is 12.6 Å². The van der Waals surface area contributed by atoms with Crippen LogP contribution in [0.5, 0.6) is 17.2 Å². The number of rotatable bonds is 10. The molecule has 3 unspecified atom stereocenters. The normalized spacial score (nSPS) is 17.9. The SMILES string of the molecule is C=Cc1ccc(OC2CCCO2)cc1.CP(Br)(c1ccccc1)(c1ccccc1)c1ccccc1.ClC1CCCO1.O=Cc1ccc(O)cc1.O=Cc1ccc(OC2CCCO2)cc1. The van der Waals surface area contributed by atoms with Gasteiger partial charge >= 0.3 is 134 Å². The first kappa shape index (κ1) is 49.9. The van der Waals surface area contributed by atoms with Crippen LogP contribution < -0.4 is 25.4 Å². The monoisotopic (exact) mass is 966 g/mol. The summed E-state index contributed by atoms with van der Waals surface area (Å²) in [5, 5.41) is 10.2. The molecular formula is C53H57BrClO8P. The van der Waals surface area contributed by atoms with Crippen molar-refractivity contribution >= 4 is 67.0 Å². The Balaban J connectivity index is 0.000000159. The molecule has 0 radical (unpaired) electrons. The van der Waals surface area contributed by atoms with E-state index in [1.165, 1.54) is 28.0 Å². The molecule has 8 nitrogen and oxygen atoms in total. The summed E-state index contributed by atoms with van der Waals surface area (Å²) >= 11 is 9.73. The number of ether oxygens (including phenoxy) is 5. The number of aldehydes is 2. The first-order chi connectivity index (χ1) is 31.1. The van der Waals surface area contributed by atoms with Gasteiger partial charge in [-0.2, -0.15) is 0 Å². The third-order valence-corrected chi connectivity index (χ3v) is 19.1. The second kappa shape index (κ2) is 26.0. The van der Waals surface area contributed by atoms with E-state index in [-0.39, 0.29) is 23.9 Å².